The van der Waals surface area contributed by atoms with Gasteiger partial charge in [0.15, 0.2) is 5.82 Å². The molecule has 1 aromatic heterocycles. The molecule has 2 fully saturated rings. The first-order chi connectivity index (χ1) is 10.8. The summed E-state index contributed by atoms with van der Waals surface area (Å²) in [6, 6.07) is 0. The standard InChI is InChI=1S/C16H25N3O2S/c1-21-13-6-2-11(3-7-13)8-15(20)22-16(12-4-5-12)18-14-9-17-10-19(14)22/h9-13,15,20,22H,2-8H2,1H3. The summed E-state index contributed by atoms with van der Waals surface area (Å²) in [4.78, 5) is 8.96. The Morgan fingerprint density at radius 3 is 2.77 bits per heavy atom. The first-order valence-corrected chi connectivity index (χ1v) is 9.74. The van der Waals surface area contributed by atoms with Crippen molar-refractivity contribution in [3.63, 3.8) is 0 Å². The number of aliphatic imine (C=N–C) groups is 1. The minimum absolute atomic E-state index is 0.283. The van der Waals surface area contributed by atoms with Gasteiger partial charge in [-0.1, -0.05) is 0 Å². The predicted octanol–water partition coefficient (Wildman–Crippen LogP) is 3.01. The second-order valence-electron chi connectivity index (χ2n) is 6.78. The summed E-state index contributed by atoms with van der Waals surface area (Å²) in [6.07, 6.45) is 12.1. The molecule has 1 aromatic rings. The molecule has 2 atom stereocenters. The van der Waals surface area contributed by atoms with Crippen molar-refractivity contribution >= 4 is 21.9 Å². The van der Waals surface area contributed by atoms with Crippen LogP contribution in [0.4, 0.5) is 5.82 Å². The van der Waals surface area contributed by atoms with Gasteiger partial charge in [-0.2, -0.15) is 0 Å². The molecule has 1 N–H and O–H groups in total. The van der Waals surface area contributed by atoms with E-state index in [1.165, 1.54) is 30.7 Å². The lowest BCUT2D eigenvalue weighted by atomic mass is 9.85. The van der Waals surface area contributed by atoms with E-state index in [-0.39, 0.29) is 5.44 Å². The van der Waals surface area contributed by atoms with E-state index in [0.29, 0.717) is 17.9 Å². The van der Waals surface area contributed by atoms with Crippen LogP contribution in [-0.2, 0) is 4.74 Å². The van der Waals surface area contributed by atoms with Crippen molar-refractivity contribution in [2.45, 2.75) is 56.5 Å². The molecule has 22 heavy (non-hydrogen) atoms. The van der Waals surface area contributed by atoms with Crippen molar-refractivity contribution in [1.82, 2.24) is 8.96 Å². The Kier molecular flexibility index (Phi) is 4.00. The molecule has 2 unspecified atom stereocenters. The Bertz CT molecular complexity index is 561. The van der Waals surface area contributed by atoms with Gasteiger partial charge in [0.05, 0.1) is 17.3 Å². The van der Waals surface area contributed by atoms with Crippen molar-refractivity contribution in [3.05, 3.63) is 12.5 Å². The molecule has 4 rings (SSSR count). The highest BCUT2D eigenvalue weighted by molar-refractivity contribution is 8.29. The highest BCUT2D eigenvalue weighted by Gasteiger charge is 2.39. The molecule has 0 bridgehead atoms. The van der Waals surface area contributed by atoms with Crippen molar-refractivity contribution < 1.29 is 9.84 Å². The van der Waals surface area contributed by atoms with Crippen LogP contribution in [0.3, 0.4) is 0 Å². The maximum absolute atomic E-state index is 10.9. The Balaban J connectivity index is 1.43. The van der Waals surface area contributed by atoms with E-state index in [1.807, 2.05) is 12.5 Å². The Labute approximate surface area is 134 Å². The van der Waals surface area contributed by atoms with Crippen LogP contribution in [-0.4, -0.2) is 37.8 Å². The molecule has 0 radical (unpaired) electrons. The summed E-state index contributed by atoms with van der Waals surface area (Å²) >= 11 is -0.737. The van der Waals surface area contributed by atoms with Crippen molar-refractivity contribution in [3.8, 4) is 0 Å². The smallest absolute Gasteiger partial charge is 0.162 e. The Morgan fingerprint density at radius 2 is 2.09 bits per heavy atom. The maximum atomic E-state index is 10.9. The van der Waals surface area contributed by atoms with E-state index < -0.39 is 11.1 Å². The number of hydrogen-bond acceptors (Lipinski definition) is 4. The number of aromatic nitrogens is 2. The summed E-state index contributed by atoms with van der Waals surface area (Å²) in [5.74, 6) is 2.18. The molecule has 2 aliphatic carbocycles. The third-order valence-corrected chi connectivity index (χ3v) is 7.68. The maximum Gasteiger partial charge on any atom is 0.162 e. The normalized spacial score (nSPS) is 34.3. The number of ether oxygens (including phenoxy) is 1. The van der Waals surface area contributed by atoms with Gasteiger partial charge in [0.1, 0.15) is 11.8 Å². The number of aliphatic hydroxyl groups is 1. The van der Waals surface area contributed by atoms with E-state index in [0.717, 1.165) is 25.1 Å². The van der Waals surface area contributed by atoms with E-state index in [9.17, 15) is 5.11 Å². The Hall–Kier alpha value is -0.850. The predicted molar refractivity (Wildman–Crippen MR) is 89.8 cm³/mol. The van der Waals surface area contributed by atoms with Gasteiger partial charge < -0.3 is 9.84 Å². The van der Waals surface area contributed by atoms with Gasteiger partial charge in [-0.3, -0.25) is 3.97 Å². The minimum atomic E-state index is -0.737. The third kappa shape index (κ3) is 2.72. The number of hydrogen-bond donors (Lipinski definition) is 2. The van der Waals surface area contributed by atoms with E-state index in [2.05, 4.69) is 8.96 Å². The summed E-state index contributed by atoms with van der Waals surface area (Å²) in [5, 5.41) is 12.2. The molecule has 0 aromatic carbocycles. The lowest BCUT2D eigenvalue weighted by Crippen LogP contribution is -2.25. The van der Waals surface area contributed by atoms with Crippen LogP contribution in [0.2, 0.25) is 0 Å². The van der Waals surface area contributed by atoms with Crippen LogP contribution in [0.15, 0.2) is 17.5 Å². The summed E-state index contributed by atoms with van der Waals surface area (Å²) in [5.41, 5.74) is -0.283. The number of fused-ring (bicyclic) bond motifs is 1. The molecule has 2 saturated carbocycles. The molecular formula is C16H25N3O2S. The van der Waals surface area contributed by atoms with E-state index in [4.69, 9.17) is 9.73 Å². The molecule has 122 valence electrons. The molecule has 2 heterocycles. The second-order valence-corrected chi connectivity index (χ2v) is 8.95. The average molecular weight is 323 g/mol. The lowest BCUT2D eigenvalue weighted by molar-refractivity contribution is 0.0509. The quantitative estimate of drug-likeness (QED) is 0.819. The van der Waals surface area contributed by atoms with Crippen LogP contribution in [0.5, 0.6) is 0 Å². The fourth-order valence-electron chi connectivity index (χ4n) is 3.72. The van der Waals surface area contributed by atoms with E-state index >= 15 is 0 Å². The molecule has 6 heteroatoms. The zero-order valence-electron chi connectivity index (χ0n) is 13.1. The highest BCUT2D eigenvalue weighted by atomic mass is 32.2. The zero-order valence-corrected chi connectivity index (χ0v) is 14.0. The molecule has 3 aliphatic rings. The zero-order chi connectivity index (χ0) is 15.1. The number of thiol groups is 1. The summed E-state index contributed by atoms with van der Waals surface area (Å²) in [7, 11) is 1.81. The average Bonchev–Trinajstić information content (AvgIpc) is 3.16. The van der Waals surface area contributed by atoms with Gasteiger partial charge in [0.25, 0.3) is 0 Å². The van der Waals surface area contributed by atoms with Crippen LogP contribution < -0.4 is 0 Å². The largest absolute Gasteiger partial charge is 0.382 e. The monoisotopic (exact) mass is 323 g/mol. The first kappa shape index (κ1) is 14.7. The fraction of sp³-hybridized carbons (Fsp3) is 0.750. The van der Waals surface area contributed by atoms with Gasteiger partial charge in [0, 0.05) is 13.0 Å². The summed E-state index contributed by atoms with van der Waals surface area (Å²) in [6.45, 7) is 0. The Morgan fingerprint density at radius 1 is 1.32 bits per heavy atom. The molecule has 0 spiro atoms. The van der Waals surface area contributed by atoms with Crippen molar-refractivity contribution in [1.29, 1.82) is 0 Å². The number of aliphatic hydroxyl groups excluding tert-OH is 1. The van der Waals surface area contributed by atoms with Gasteiger partial charge in [0.2, 0.25) is 0 Å². The number of nitrogens with zero attached hydrogens (tertiary/aromatic N) is 3. The van der Waals surface area contributed by atoms with Crippen molar-refractivity contribution in [2.24, 2.45) is 16.8 Å². The lowest BCUT2D eigenvalue weighted by Gasteiger charge is -2.32. The van der Waals surface area contributed by atoms with Crippen LogP contribution in [0.1, 0.15) is 44.9 Å². The molecule has 5 nitrogen and oxygen atoms in total. The van der Waals surface area contributed by atoms with Gasteiger partial charge >= 0.3 is 0 Å². The molecule has 1 aliphatic heterocycles. The third-order valence-electron chi connectivity index (χ3n) is 5.19. The topological polar surface area (TPSA) is 59.6 Å². The highest BCUT2D eigenvalue weighted by Crippen LogP contribution is 2.53. The summed E-state index contributed by atoms with van der Waals surface area (Å²) < 4.78 is 7.58. The fourth-order valence-corrected chi connectivity index (χ4v) is 6.36. The number of imidazole rings is 1. The van der Waals surface area contributed by atoms with Crippen LogP contribution >= 0.6 is 11.1 Å². The van der Waals surface area contributed by atoms with Crippen LogP contribution in [0.25, 0.3) is 0 Å². The van der Waals surface area contributed by atoms with E-state index in [1.54, 1.807) is 7.11 Å². The van der Waals surface area contributed by atoms with Gasteiger partial charge in [-0.25, -0.2) is 9.98 Å². The molecule has 0 amide bonds. The first-order valence-electron chi connectivity index (χ1n) is 8.37. The number of rotatable bonds is 5. The van der Waals surface area contributed by atoms with Crippen molar-refractivity contribution in [2.75, 3.05) is 7.11 Å². The molecular weight excluding hydrogens is 298 g/mol. The minimum Gasteiger partial charge on any atom is -0.382 e. The SMILES string of the molecule is COC1CCC(CC(O)[SH]2C(C3CC3)=Nc3cncn32)CC1. The molecule has 0 saturated heterocycles. The van der Waals surface area contributed by atoms with Gasteiger partial charge in [-0.05, 0) is 50.9 Å². The second kappa shape index (κ2) is 5.98. The number of methoxy groups -OCH3 is 1. The van der Waals surface area contributed by atoms with Crippen LogP contribution in [0, 0.1) is 11.8 Å². The van der Waals surface area contributed by atoms with Gasteiger partial charge in [-0.15, -0.1) is 11.1 Å².